The highest BCUT2D eigenvalue weighted by molar-refractivity contribution is 5.87. The van der Waals surface area contributed by atoms with Crippen LogP contribution in [0.3, 0.4) is 0 Å². The summed E-state index contributed by atoms with van der Waals surface area (Å²) in [6, 6.07) is 8.89. The first kappa shape index (κ1) is 76.5. The van der Waals surface area contributed by atoms with E-state index in [9.17, 15) is 54.9 Å². The third-order valence-electron chi connectivity index (χ3n) is 18.6. The van der Waals surface area contributed by atoms with Crippen molar-refractivity contribution < 1.29 is 121 Å². The van der Waals surface area contributed by atoms with Gasteiger partial charge in [-0.1, -0.05) is 141 Å². The van der Waals surface area contributed by atoms with E-state index in [0.717, 1.165) is 83.1 Å². The van der Waals surface area contributed by atoms with Gasteiger partial charge in [0.15, 0.2) is 55.9 Å². The Bertz CT molecular complexity index is 2420. The number of fused-ring (bicyclic) bond motifs is 3. The van der Waals surface area contributed by atoms with E-state index in [0.29, 0.717) is 44.1 Å². The summed E-state index contributed by atoms with van der Waals surface area (Å²) < 4.78 is 89.4. The van der Waals surface area contributed by atoms with Crippen molar-refractivity contribution >= 4 is 30.0 Å². The Hall–Kier alpha value is -3.84. The van der Waals surface area contributed by atoms with Gasteiger partial charge in [0, 0.05) is 18.9 Å². The molecular weight excluding hydrogens is 1220 g/mol. The number of carbonyl (C=O) groups excluding carboxylic acids is 4. The summed E-state index contributed by atoms with van der Waals surface area (Å²) in [5.41, 5.74) is 0.664. The zero-order valence-corrected chi connectivity index (χ0v) is 55.8. The summed E-state index contributed by atoms with van der Waals surface area (Å²) in [6.45, 7) is 15.2. The summed E-state index contributed by atoms with van der Waals surface area (Å²) in [5, 5.41) is 81.6. The normalized spacial score (nSPS) is 39.7. The SMILES string of the molecule is CCCCCCCC(=O)O[C@H]1[C@H](O[C@@H]2[C@H]3OC(=O)CCCCCCCCCC(CCCCC)O[C@@H]4O[C@H](C)[C@H](O)[C@H](O)[C@H]4O[C@H](O[C@H]2C)[C@@H]3O)O[C@@H](C)[C@H](O[C@@H]2O[C@@H](C)[C@H](OC(=O)[C@@H](C)CC)[C@@H](OC(=O)/C=C/c3ccccc3)[C@H]2O)[C@H]1O[C@@H]1O[C@@H](C)[C@H](O)[C@@H](O)[C@H]1O. The predicted molar refractivity (Wildman–Crippen MR) is 332 cm³/mol. The number of rotatable bonds is 23. The maximum Gasteiger partial charge on any atom is 0.331 e. The minimum Gasteiger partial charge on any atom is -0.456 e. The van der Waals surface area contributed by atoms with E-state index in [-0.39, 0.29) is 18.9 Å². The largest absolute Gasteiger partial charge is 0.456 e. The molecule has 6 saturated heterocycles. The molecule has 7 rings (SSSR count). The number of benzene rings is 1. The molecule has 93 heavy (non-hydrogen) atoms. The maximum absolute atomic E-state index is 14.4. The number of unbranched alkanes of at least 4 members (excludes halogenated alkanes) is 6. The van der Waals surface area contributed by atoms with Gasteiger partial charge < -0.3 is 102 Å². The molecule has 1 unspecified atom stereocenters. The molecule has 0 aliphatic carbocycles. The fourth-order valence-electron chi connectivity index (χ4n) is 12.6. The average molecular weight is 1330 g/mol. The second-order valence-corrected chi connectivity index (χ2v) is 26.1. The third kappa shape index (κ3) is 21.3. The van der Waals surface area contributed by atoms with Crippen LogP contribution in [0.5, 0.6) is 0 Å². The van der Waals surface area contributed by atoms with Crippen LogP contribution in [-0.4, -0.2) is 219 Å². The van der Waals surface area contributed by atoms with Crippen LogP contribution in [0.4, 0.5) is 0 Å². The molecule has 6 heterocycles. The molecule has 0 aromatic heterocycles. The molecule has 25 heteroatoms. The zero-order chi connectivity index (χ0) is 67.5. The highest BCUT2D eigenvalue weighted by Gasteiger charge is 2.59. The van der Waals surface area contributed by atoms with E-state index in [2.05, 4.69) is 13.8 Å². The minimum absolute atomic E-state index is 0.0441. The predicted octanol–water partition coefficient (Wildman–Crippen LogP) is 6.03. The number of ether oxygens (including phenoxy) is 14. The molecule has 530 valence electrons. The molecule has 1 aromatic rings. The summed E-state index contributed by atoms with van der Waals surface area (Å²) >= 11 is 0. The zero-order valence-electron chi connectivity index (χ0n) is 55.8. The van der Waals surface area contributed by atoms with Gasteiger partial charge in [-0.2, -0.15) is 0 Å². The maximum atomic E-state index is 14.4. The lowest BCUT2D eigenvalue weighted by Gasteiger charge is -2.51. The molecule has 6 fully saturated rings. The van der Waals surface area contributed by atoms with Gasteiger partial charge in [0.05, 0.1) is 42.5 Å². The van der Waals surface area contributed by atoms with E-state index in [1.54, 1.807) is 52.0 Å². The molecule has 0 amide bonds. The van der Waals surface area contributed by atoms with Crippen LogP contribution in [0.1, 0.15) is 196 Å². The van der Waals surface area contributed by atoms with Gasteiger partial charge in [0.1, 0.15) is 67.1 Å². The van der Waals surface area contributed by atoms with E-state index >= 15 is 0 Å². The van der Waals surface area contributed by atoms with Gasteiger partial charge in [-0.3, -0.25) is 14.4 Å². The lowest BCUT2D eigenvalue weighted by atomic mass is 9.95. The van der Waals surface area contributed by atoms with Crippen LogP contribution in [-0.2, 0) is 85.5 Å². The van der Waals surface area contributed by atoms with Crippen molar-refractivity contribution in [2.45, 2.75) is 350 Å². The molecule has 1 aromatic carbocycles. The van der Waals surface area contributed by atoms with Gasteiger partial charge in [0.2, 0.25) is 0 Å². The number of aliphatic hydroxyl groups is 7. The Labute approximate surface area is 547 Å². The quantitative estimate of drug-likeness (QED) is 0.0284. The monoisotopic (exact) mass is 1320 g/mol. The highest BCUT2D eigenvalue weighted by atomic mass is 16.8. The van der Waals surface area contributed by atoms with E-state index in [4.69, 9.17) is 66.3 Å². The van der Waals surface area contributed by atoms with Crippen LogP contribution < -0.4 is 0 Å². The molecule has 6 aliphatic rings. The number of aliphatic hydroxyl groups excluding tert-OH is 7. The molecule has 27 atom stereocenters. The van der Waals surface area contributed by atoms with E-state index in [1.807, 2.05) is 6.07 Å². The van der Waals surface area contributed by atoms with Crippen LogP contribution in [0.15, 0.2) is 36.4 Å². The number of carbonyl (C=O) groups is 4. The van der Waals surface area contributed by atoms with Crippen molar-refractivity contribution in [3.05, 3.63) is 42.0 Å². The molecule has 0 saturated carbocycles. The molecule has 7 N–H and O–H groups in total. The fraction of sp³-hybridized carbons (Fsp3) is 0.824. The molecule has 25 nitrogen and oxygen atoms in total. The van der Waals surface area contributed by atoms with Gasteiger partial charge >= 0.3 is 23.9 Å². The average Bonchev–Trinajstić information content (AvgIpc) is 0.860. The minimum atomic E-state index is -1.95. The van der Waals surface area contributed by atoms with Crippen LogP contribution in [0, 0.1) is 5.92 Å². The number of esters is 4. The Balaban J connectivity index is 1.26. The first-order chi connectivity index (χ1) is 44.5. The van der Waals surface area contributed by atoms with Crippen molar-refractivity contribution in [2.75, 3.05) is 0 Å². The van der Waals surface area contributed by atoms with Gasteiger partial charge in [-0.25, -0.2) is 4.79 Å². The van der Waals surface area contributed by atoms with Crippen LogP contribution >= 0.6 is 0 Å². The van der Waals surface area contributed by atoms with Crippen molar-refractivity contribution in [1.29, 1.82) is 0 Å². The summed E-state index contributed by atoms with van der Waals surface area (Å²) in [6.07, 6.45) is -22.5. The summed E-state index contributed by atoms with van der Waals surface area (Å²) in [5.74, 6) is -3.64. The van der Waals surface area contributed by atoms with E-state index in [1.165, 1.54) is 26.8 Å². The summed E-state index contributed by atoms with van der Waals surface area (Å²) in [4.78, 5) is 55.7. The fourth-order valence-corrected chi connectivity index (χ4v) is 12.6. The van der Waals surface area contributed by atoms with Crippen molar-refractivity contribution in [3.8, 4) is 0 Å². The molecule has 2 bridgehead atoms. The highest BCUT2D eigenvalue weighted by Crippen LogP contribution is 2.40. The molecule has 0 radical (unpaired) electrons. The first-order valence-corrected chi connectivity index (χ1v) is 34.4. The lowest BCUT2D eigenvalue weighted by Crippen LogP contribution is -2.68. The van der Waals surface area contributed by atoms with Gasteiger partial charge in [-0.05, 0) is 78.4 Å². The molecular formula is C68H108O25. The van der Waals surface area contributed by atoms with Crippen molar-refractivity contribution in [3.63, 3.8) is 0 Å². The Morgan fingerprint density at radius 3 is 1.81 bits per heavy atom. The Kier molecular flexibility index (Phi) is 31.1. The summed E-state index contributed by atoms with van der Waals surface area (Å²) in [7, 11) is 0. The van der Waals surface area contributed by atoms with Gasteiger partial charge in [0.25, 0.3) is 0 Å². The Morgan fingerprint density at radius 1 is 0.516 bits per heavy atom. The second-order valence-electron chi connectivity index (χ2n) is 26.1. The van der Waals surface area contributed by atoms with Crippen molar-refractivity contribution in [1.82, 2.24) is 0 Å². The second kappa shape index (κ2) is 37.8. The number of hydrogen-bond donors (Lipinski definition) is 7. The van der Waals surface area contributed by atoms with E-state index < -0.39 is 183 Å². The lowest BCUT2D eigenvalue weighted by molar-refractivity contribution is -0.399. The van der Waals surface area contributed by atoms with Crippen molar-refractivity contribution in [2.24, 2.45) is 5.92 Å². The standard InChI is InChI=1S/C68H108O25/c1-10-13-15-19-27-34-46(70)88-62-61(93-64-52(76)50(74)48(72)38(5)80-64)57(90-65-53(77)58(55(40(7)82-65)89-63(79)37(4)12-3)87-47(71)36-35-43-29-24-22-25-30-43)42(9)84-68(62)91-56-41(8)83-66-54(78)59(56)86-45(69)33-28-21-18-16-17-20-26-32-44(31-23-14-11-2)85-67-60(92-66)51(75)49(73)39(6)81-67/h22,24-25,29-30,35-42,44,48-62,64-68,72-78H,10-21,23,26-28,31-34H2,1-9H3/b36-35+/t37-,38-,39+,40-,41-,42-,44?,48-,49-,50+,51-,52+,53+,54+,55-,56-,57-,58-,59-,60+,61+,62+,64-,65-,66-,67-,68-/m0/s1. The molecule has 6 aliphatic heterocycles. The first-order valence-electron chi connectivity index (χ1n) is 34.4. The molecule has 0 spiro atoms. The van der Waals surface area contributed by atoms with Crippen LogP contribution in [0.2, 0.25) is 0 Å². The number of hydrogen-bond acceptors (Lipinski definition) is 25. The van der Waals surface area contributed by atoms with Gasteiger partial charge in [-0.15, -0.1) is 0 Å². The smallest absolute Gasteiger partial charge is 0.331 e. The topological polar surface area (TPSA) is 339 Å². The Morgan fingerprint density at radius 2 is 1.10 bits per heavy atom. The van der Waals surface area contributed by atoms with Crippen LogP contribution in [0.25, 0.3) is 6.08 Å². The third-order valence-corrected chi connectivity index (χ3v) is 18.6.